The van der Waals surface area contributed by atoms with Gasteiger partial charge >= 0.3 is 0 Å². The minimum atomic E-state index is -0.408. The summed E-state index contributed by atoms with van der Waals surface area (Å²) in [5, 5.41) is 0. The first-order valence-corrected chi connectivity index (χ1v) is 7.97. The maximum Gasteiger partial charge on any atom is 0.276 e. The fourth-order valence-electron chi connectivity index (χ4n) is 2.07. The van der Waals surface area contributed by atoms with Crippen molar-refractivity contribution in [3.63, 3.8) is 0 Å². The second kappa shape index (κ2) is 8.72. The highest BCUT2D eigenvalue weighted by atomic mass is 16.5. The fourth-order valence-corrected chi connectivity index (χ4v) is 2.07. The lowest BCUT2D eigenvalue weighted by Gasteiger charge is -2.13. The van der Waals surface area contributed by atoms with Gasteiger partial charge in [0.25, 0.3) is 5.91 Å². The van der Waals surface area contributed by atoms with Crippen LogP contribution in [0.5, 0.6) is 5.75 Å². The number of rotatable bonds is 6. The van der Waals surface area contributed by atoms with Gasteiger partial charge in [-0.05, 0) is 18.1 Å². The van der Waals surface area contributed by atoms with Crippen LogP contribution in [-0.2, 0) is 9.59 Å². The van der Waals surface area contributed by atoms with Gasteiger partial charge in [-0.2, -0.15) is 0 Å². The molecule has 0 aliphatic heterocycles. The normalized spacial score (nSPS) is 11.4. The van der Waals surface area contributed by atoms with Gasteiger partial charge in [0.05, 0.1) is 0 Å². The van der Waals surface area contributed by atoms with E-state index >= 15 is 0 Å². The summed E-state index contributed by atoms with van der Waals surface area (Å²) in [6, 6.07) is 17.3. The summed E-state index contributed by atoms with van der Waals surface area (Å²) in [6.07, 6.45) is 0.711. The van der Waals surface area contributed by atoms with Crippen LogP contribution in [0.2, 0.25) is 0 Å². The number of nitrogens with one attached hydrogen (secondary N) is 2. The number of hydrogen-bond acceptors (Lipinski definition) is 3. The number of carbonyl (C=O) groups excluding carboxylic acids is 2. The molecule has 2 amide bonds. The average molecular weight is 326 g/mol. The molecule has 1 unspecified atom stereocenters. The molecule has 0 saturated carbocycles. The molecule has 0 bridgehead atoms. The Morgan fingerprint density at radius 1 is 1.00 bits per heavy atom. The predicted molar refractivity (Wildman–Crippen MR) is 93.1 cm³/mol. The highest BCUT2D eigenvalue weighted by Crippen LogP contribution is 2.29. The van der Waals surface area contributed by atoms with Crippen molar-refractivity contribution >= 4 is 11.8 Å². The quantitative estimate of drug-likeness (QED) is 0.802. The van der Waals surface area contributed by atoms with E-state index in [4.69, 9.17) is 4.74 Å². The van der Waals surface area contributed by atoms with E-state index in [1.165, 1.54) is 0 Å². The molecule has 24 heavy (non-hydrogen) atoms. The van der Waals surface area contributed by atoms with Crippen molar-refractivity contribution in [2.24, 2.45) is 5.92 Å². The van der Waals surface area contributed by atoms with E-state index in [1.54, 1.807) is 6.92 Å². The monoisotopic (exact) mass is 326 g/mol. The maximum atomic E-state index is 11.8. The van der Waals surface area contributed by atoms with E-state index in [-0.39, 0.29) is 18.4 Å². The second-order valence-electron chi connectivity index (χ2n) is 5.50. The first-order valence-electron chi connectivity index (χ1n) is 7.97. The largest absolute Gasteiger partial charge is 0.483 e. The Morgan fingerprint density at radius 2 is 1.67 bits per heavy atom. The topological polar surface area (TPSA) is 67.4 Å². The zero-order valence-electron chi connectivity index (χ0n) is 13.9. The zero-order valence-corrected chi connectivity index (χ0v) is 13.9. The Balaban J connectivity index is 1.93. The van der Waals surface area contributed by atoms with Crippen molar-refractivity contribution in [1.29, 1.82) is 0 Å². The Labute approximate surface area is 142 Å². The molecule has 0 spiro atoms. The van der Waals surface area contributed by atoms with Crippen LogP contribution in [0.3, 0.4) is 0 Å². The van der Waals surface area contributed by atoms with E-state index in [0.717, 1.165) is 11.1 Å². The van der Waals surface area contributed by atoms with E-state index in [9.17, 15) is 9.59 Å². The number of carbonyl (C=O) groups is 2. The van der Waals surface area contributed by atoms with E-state index in [1.807, 2.05) is 61.5 Å². The Morgan fingerprint density at radius 3 is 2.38 bits per heavy atom. The molecule has 126 valence electrons. The van der Waals surface area contributed by atoms with Gasteiger partial charge in [0.15, 0.2) is 6.61 Å². The van der Waals surface area contributed by atoms with Crippen LogP contribution in [0, 0.1) is 5.92 Å². The van der Waals surface area contributed by atoms with Crippen molar-refractivity contribution < 1.29 is 14.3 Å². The molecule has 0 saturated heterocycles. The van der Waals surface area contributed by atoms with Crippen molar-refractivity contribution in [3.8, 4) is 16.9 Å². The Hall–Kier alpha value is -2.82. The molecule has 2 aromatic carbocycles. The minimum absolute atomic E-state index is 0.148. The summed E-state index contributed by atoms with van der Waals surface area (Å²) < 4.78 is 5.61. The Bertz CT molecular complexity index is 686. The predicted octanol–water partition coefficient (Wildman–Crippen LogP) is 2.93. The van der Waals surface area contributed by atoms with Crippen LogP contribution < -0.4 is 15.6 Å². The van der Waals surface area contributed by atoms with Gasteiger partial charge in [-0.3, -0.25) is 20.4 Å². The third kappa shape index (κ3) is 4.84. The van der Waals surface area contributed by atoms with Gasteiger partial charge in [0.2, 0.25) is 5.91 Å². The highest BCUT2D eigenvalue weighted by molar-refractivity contribution is 5.84. The number of para-hydroxylation sites is 1. The molecule has 5 heteroatoms. The van der Waals surface area contributed by atoms with Crippen LogP contribution in [-0.4, -0.2) is 18.4 Å². The minimum Gasteiger partial charge on any atom is -0.483 e. The number of hydrazine groups is 1. The molecule has 0 aliphatic rings. The van der Waals surface area contributed by atoms with Crippen molar-refractivity contribution in [3.05, 3.63) is 54.6 Å². The third-order valence-corrected chi connectivity index (χ3v) is 3.72. The summed E-state index contributed by atoms with van der Waals surface area (Å²) in [6.45, 7) is 3.54. The molecule has 0 aliphatic carbocycles. The van der Waals surface area contributed by atoms with Crippen LogP contribution >= 0.6 is 0 Å². The lowest BCUT2D eigenvalue weighted by molar-refractivity contribution is -0.131. The standard InChI is InChI=1S/C19H22N2O3/c1-3-14(2)19(23)21-20-18(22)13-24-17-12-8-7-11-16(17)15-9-5-4-6-10-15/h4-12,14H,3,13H2,1-2H3,(H,20,22)(H,21,23). The molecule has 2 rings (SSSR count). The zero-order chi connectivity index (χ0) is 17.4. The summed E-state index contributed by atoms with van der Waals surface area (Å²) in [4.78, 5) is 23.5. The van der Waals surface area contributed by atoms with E-state index in [2.05, 4.69) is 10.9 Å². The smallest absolute Gasteiger partial charge is 0.276 e. The van der Waals surface area contributed by atoms with Crippen LogP contribution in [0.15, 0.2) is 54.6 Å². The number of amides is 2. The lowest BCUT2D eigenvalue weighted by atomic mass is 10.1. The third-order valence-electron chi connectivity index (χ3n) is 3.72. The van der Waals surface area contributed by atoms with Crippen molar-refractivity contribution in [1.82, 2.24) is 10.9 Å². The molecular formula is C19H22N2O3. The maximum absolute atomic E-state index is 11.8. The first kappa shape index (κ1) is 17.5. The molecule has 1 atom stereocenters. The van der Waals surface area contributed by atoms with Gasteiger partial charge in [-0.1, -0.05) is 62.4 Å². The fraction of sp³-hybridized carbons (Fsp3) is 0.263. The SMILES string of the molecule is CCC(C)C(=O)NNC(=O)COc1ccccc1-c1ccccc1. The van der Waals surface area contributed by atoms with Crippen molar-refractivity contribution in [2.75, 3.05) is 6.61 Å². The molecule has 0 heterocycles. The Kier molecular flexibility index (Phi) is 6.37. The number of hydrogen-bond donors (Lipinski definition) is 2. The molecular weight excluding hydrogens is 304 g/mol. The van der Waals surface area contributed by atoms with Crippen LogP contribution in [0.4, 0.5) is 0 Å². The molecule has 0 fully saturated rings. The molecule has 2 aromatic rings. The second-order valence-corrected chi connectivity index (χ2v) is 5.50. The van der Waals surface area contributed by atoms with E-state index in [0.29, 0.717) is 12.2 Å². The van der Waals surface area contributed by atoms with Gasteiger partial charge in [0, 0.05) is 11.5 Å². The van der Waals surface area contributed by atoms with Gasteiger partial charge in [-0.15, -0.1) is 0 Å². The highest BCUT2D eigenvalue weighted by Gasteiger charge is 2.12. The average Bonchev–Trinajstić information content (AvgIpc) is 2.64. The number of ether oxygens (including phenoxy) is 1. The summed E-state index contributed by atoms with van der Waals surface area (Å²) in [5.74, 6) is -0.151. The number of benzene rings is 2. The first-order chi connectivity index (χ1) is 11.6. The molecule has 0 aromatic heterocycles. The van der Waals surface area contributed by atoms with Crippen LogP contribution in [0.25, 0.3) is 11.1 Å². The summed E-state index contributed by atoms with van der Waals surface area (Å²) >= 11 is 0. The van der Waals surface area contributed by atoms with Gasteiger partial charge in [0.1, 0.15) is 5.75 Å². The summed E-state index contributed by atoms with van der Waals surface area (Å²) in [5.41, 5.74) is 6.69. The summed E-state index contributed by atoms with van der Waals surface area (Å²) in [7, 11) is 0. The molecule has 2 N–H and O–H groups in total. The molecule has 5 nitrogen and oxygen atoms in total. The van der Waals surface area contributed by atoms with Crippen LogP contribution in [0.1, 0.15) is 20.3 Å². The molecule has 0 radical (unpaired) electrons. The van der Waals surface area contributed by atoms with Gasteiger partial charge in [-0.25, -0.2) is 0 Å². The lowest BCUT2D eigenvalue weighted by Crippen LogP contribution is -2.45. The van der Waals surface area contributed by atoms with Gasteiger partial charge < -0.3 is 4.74 Å². The van der Waals surface area contributed by atoms with Crippen molar-refractivity contribution in [2.45, 2.75) is 20.3 Å². The van der Waals surface area contributed by atoms with E-state index < -0.39 is 5.91 Å².